The van der Waals surface area contributed by atoms with E-state index in [1.165, 1.54) is 42.5 Å². The van der Waals surface area contributed by atoms with E-state index in [2.05, 4.69) is 10.6 Å². The summed E-state index contributed by atoms with van der Waals surface area (Å²) >= 11 is 0. The van der Waals surface area contributed by atoms with Gasteiger partial charge in [-0.05, 0) is 48.9 Å². The van der Waals surface area contributed by atoms with E-state index >= 15 is 0 Å². The van der Waals surface area contributed by atoms with Gasteiger partial charge in [0.05, 0.1) is 17.2 Å². The number of carbonyl (C=O) groups excluding carboxylic acids is 4. The lowest BCUT2D eigenvalue weighted by molar-refractivity contribution is -0.384. The highest BCUT2D eigenvalue weighted by molar-refractivity contribution is 6.39. The minimum absolute atomic E-state index is 0.0716. The summed E-state index contributed by atoms with van der Waals surface area (Å²) in [5, 5.41) is 15.9. The van der Waals surface area contributed by atoms with Gasteiger partial charge in [-0.3, -0.25) is 29.8 Å². The molecule has 1 aliphatic heterocycles. The van der Waals surface area contributed by atoms with Crippen LogP contribution in [0.4, 0.5) is 21.9 Å². The van der Waals surface area contributed by atoms with Gasteiger partial charge in [0.2, 0.25) is 0 Å². The van der Waals surface area contributed by atoms with Crippen molar-refractivity contribution in [3.63, 3.8) is 0 Å². The topological polar surface area (TPSA) is 157 Å². The fourth-order valence-electron chi connectivity index (χ4n) is 3.67. The van der Waals surface area contributed by atoms with Crippen molar-refractivity contribution < 1.29 is 33.6 Å². The number of nitrogens with zero attached hydrogens (tertiary/aromatic N) is 2. The zero-order chi connectivity index (χ0) is 27.9. The lowest BCUT2D eigenvalue weighted by Crippen LogP contribution is -2.54. The predicted molar refractivity (Wildman–Crippen MR) is 140 cm³/mol. The smallest absolute Gasteiger partial charge is 0.335 e. The van der Waals surface area contributed by atoms with Crippen molar-refractivity contribution >= 4 is 46.9 Å². The second kappa shape index (κ2) is 11.7. The lowest BCUT2D eigenvalue weighted by Gasteiger charge is -2.26. The number of benzene rings is 3. The number of non-ortho nitro benzene ring substituents is 1. The maximum Gasteiger partial charge on any atom is 0.335 e. The van der Waals surface area contributed by atoms with Crippen molar-refractivity contribution in [3.05, 3.63) is 94.0 Å². The number of carbonyl (C=O) groups is 4. The van der Waals surface area contributed by atoms with Crippen LogP contribution in [0.25, 0.3) is 6.08 Å². The molecule has 0 unspecified atom stereocenters. The number of para-hydroxylation sites is 1. The molecule has 0 aliphatic carbocycles. The van der Waals surface area contributed by atoms with Gasteiger partial charge in [0, 0.05) is 17.8 Å². The number of hydrogen-bond donors (Lipinski definition) is 2. The van der Waals surface area contributed by atoms with Crippen LogP contribution in [0.1, 0.15) is 12.5 Å². The number of imide groups is 2. The van der Waals surface area contributed by atoms with Crippen LogP contribution in [0.15, 0.2) is 78.4 Å². The van der Waals surface area contributed by atoms with Gasteiger partial charge in [-0.25, -0.2) is 9.69 Å². The Bertz CT molecular complexity index is 1490. The van der Waals surface area contributed by atoms with Crippen LogP contribution in [-0.2, 0) is 14.4 Å². The molecule has 1 saturated heterocycles. The lowest BCUT2D eigenvalue weighted by atomic mass is 10.1. The Morgan fingerprint density at radius 1 is 1.00 bits per heavy atom. The van der Waals surface area contributed by atoms with Crippen LogP contribution < -0.4 is 25.0 Å². The SMILES string of the molecule is CCOc1cc(/C=C2\C(=O)NC(=O)N(c3cccc([N+](=O)[O-])c3)C2=O)ccc1OCC(=O)Nc1ccccc1. The summed E-state index contributed by atoms with van der Waals surface area (Å²) in [6.45, 7) is 1.72. The van der Waals surface area contributed by atoms with Crippen molar-refractivity contribution in [1.29, 1.82) is 0 Å². The number of amides is 5. The molecule has 12 heteroatoms. The third kappa shape index (κ3) is 6.25. The van der Waals surface area contributed by atoms with Gasteiger partial charge in [0.25, 0.3) is 23.4 Å². The molecule has 39 heavy (non-hydrogen) atoms. The quantitative estimate of drug-likeness (QED) is 0.184. The van der Waals surface area contributed by atoms with Crippen molar-refractivity contribution in [2.24, 2.45) is 0 Å². The van der Waals surface area contributed by atoms with Crippen LogP contribution in [0, 0.1) is 10.1 Å². The summed E-state index contributed by atoms with van der Waals surface area (Å²) in [6, 6.07) is 17.3. The minimum atomic E-state index is -1.03. The number of nitrogens with one attached hydrogen (secondary N) is 2. The third-order valence-electron chi connectivity index (χ3n) is 5.40. The Kier molecular flexibility index (Phi) is 7.95. The molecule has 0 aromatic heterocycles. The monoisotopic (exact) mass is 530 g/mol. The number of urea groups is 1. The van der Waals surface area contributed by atoms with Gasteiger partial charge in [0.15, 0.2) is 18.1 Å². The van der Waals surface area contributed by atoms with Crippen LogP contribution in [-0.4, -0.2) is 41.9 Å². The zero-order valence-electron chi connectivity index (χ0n) is 20.6. The summed E-state index contributed by atoms with van der Waals surface area (Å²) in [4.78, 5) is 61.5. The largest absolute Gasteiger partial charge is 0.490 e. The van der Waals surface area contributed by atoms with Crippen LogP contribution in [0.2, 0.25) is 0 Å². The molecule has 0 atom stereocenters. The number of nitro groups is 1. The van der Waals surface area contributed by atoms with Gasteiger partial charge in [-0.2, -0.15) is 0 Å². The Morgan fingerprint density at radius 2 is 1.77 bits per heavy atom. The molecule has 3 aromatic rings. The van der Waals surface area contributed by atoms with Gasteiger partial charge in [-0.1, -0.05) is 30.3 Å². The minimum Gasteiger partial charge on any atom is -0.490 e. The molecule has 0 radical (unpaired) electrons. The van der Waals surface area contributed by atoms with E-state index in [0.29, 0.717) is 16.2 Å². The highest BCUT2D eigenvalue weighted by atomic mass is 16.6. The molecule has 1 aliphatic rings. The average molecular weight is 530 g/mol. The summed E-state index contributed by atoms with van der Waals surface area (Å²) in [5.41, 5.74) is 0.208. The number of hydrogen-bond acceptors (Lipinski definition) is 8. The first-order valence-electron chi connectivity index (χ1n) is 11.7. The van der Waals surface area contributed by atoms with E-state index < -0.39 is 22.8 Å². The molecule has 4 rings (SSSR count). The van der Waals surface area contributed by atoms with E-state index in [1.54, 1.807) is 31.2 Å². The maximum absolute atomic E-state index is 13.1. The molecule has 2 N–H and O–H groups in total. The second-order valence-corrected chi connectivity index (χ2v) is 8.08. The Hall–Kier alpha value is -5.52. The number of rotatable bonds is 9. The highest BCUT2D eigenvalue weighted by Gasteiger charge is 2.37. The molecule has 198 valence electrons. The van der Waals surface area contributed by atoms with Gasteiger partial charge < -0.3 is 14.8 Å². The van der Waals surface area contributed by atoms with Crippen molar-refractivity contribution in [3.8, 4) is 11.5 Å². The normalized spacial score (nSPS) is 14.1. The Labute approximate surface area is 222 Å². The van der Waals surface area contributed by atoms with Crippen LogP contribution >= 0.6 is 0 Å². The molecule has 3 aromatic carbocycles. The van der Waals surface area contributed by atoms with E-state index in [0.717, 1.165) is 6.07 Å². The van der Waals surface area contributed by atoms with E-state index in [-0.39, 0.29) is 47.6 Å². The number of nitro benzene ring substituents is 1. The van der Waals surface area contributed by atoms with Gasteiger partial charge >= 0.3 is 6.03 Å². The number of anilines is 2. The molecular weight excluding hydrogens is 508 g/mol. The molecular formula is C27H22N4O8. The summed E-state index contributed by atoms with van der Waals surface area (Å²) in [5.74, 6) is -1.75. The first kappa shape index (κ1) is 26.5. The molecule has 1 fully saturated rings. The predicted octanol–water partition coefficient (Wildman–Crippen LogP) is 3.68. The summed E-state index contributed by atoms with van der Waals surface area (Å²) in [6.07, 6.45) is 1.25. The number of barbiturate groups is 1. The summed E-state index contributed by atoms with van der Waals surface area (Å²) < 4.78 is 11.2. The third-order valence-corrected chi connectivity index (χ3v) is 5.40. The molecule has 0 spiro atoms. The standard InChI is InChI=1S/C27H22N4O8/c1-2-38-23-14-17(11-12-22(23)39-16-24(32)28-18-7-4-3-5-8-18)13-21-25(33)29-27(35)30(26(21)34)19-9-6-10-20(15-19)31(36)37/h3-15H,2,16H2,1H3,(H,28,32)(H,29,33,35)/b21-13+. The van der Waals surface area contributed by atoms with E-state index in [9.17, 15) is 29.3 Å². The fourth-order valence-corrected chi connectivity index (χ4v) is 3.67. The van der Waals surface area contributed by atoms with E-state index in [4.69, 9.17) is 9.47 Å². The first-order valence-corrected chi connectivity index (χ1v) is 11.7. The van der Waals surface area contributed by atoms with Gasteiger partial charge in [0.1, 0.15) is 5.57 Å². The van der Waals surface area contributed by atoms with E-state index in [1.807, 2.05) is 6.07 Å². The summed E-state index contributed by atoms with van der Waals surface area (Å²) in [7, 11) is 0. The molecule has 0 bridgehead atoms. The van der Waals surface area contributed by atoms with Crippen molar-refractivity contribution in [2.45, 2.75) is 6.92 Å². The maximum atomic E-state index is 13.1. The van der Waals surface area contributed by atoms with Crippen LogP contribution in [0.5, 0.6) is 11.5 Å². The second-order valence-electron chi connectivity index (χ2n) is 8.08. The van der Waals surface area contributed by atoms with Gasteiger partial charge in [-0.15, -0.1) is 0 Å². The molecule has 0 saturated carbocycles. The fraction of sp³-hybridized carbons (Fsp3) is 0.111. The zero-order valence-corrected chi connectivity index (χ0v) is 20.6. The average Bonchev–Trinajstić information content (AvgIpc) is 2.91. The molecule has 12 nitrogen and oxygen atoms in total. The molecule has 1 heterocycles. The van der Waals surface area contributed by atoms with Crippen molar-refractivity contribution in [2.75, 3.05) is 23.4 Å². The Morgan fingerprint density at radius 3 is 2.49 bits per heavy atom. The highest BCUT2D eigenvalue weighted by Crippen LogP contribution is 2.31. The van der Waals surface area contributed by atoms with Crippen LogP contribution in [0.3, 0.4) is 0 Å². The first-order chi connectivity index (χ1) is 18.8. The van der Waals surface area contributed by atoms with Crippen molar-refractivity contribution in [1.82, 2.24) is 5.32 Å². The number of ether oxygens (including phenoxy) is 2. The molecule has 5 amide bonds. The Balaban J connectivity index is 1.56.